The Morgan fingerprint density at radius 1 is 0.243 bits per heavy atom. The second kappa shape index (κ2) is 55.2. The summed E-state index contributed by atoms with van der Waals surface area (Å²) in [5, 5.41) is 0. The summed E-state index contributed by atoms with van der Waals surface area (Å²) in [6.45, 7) is 13.8. The van der Waals surface area contributed by atoms with Gasteiger partial charge in [0, 0.05) is 19.3 Å². The van der Waals surface area contributed by atoms with Gasteiger partial charge < -0.3 is 14.2 Å². The number of carbonyl (C=O) groups excluding carboxylic acids is 3. The number of rotatable bonds is 57. The van der Waals surface area contributed by atoms with Crippen LogP contribution < -0.4 is 0 Å². The molecule has 70 heavy (non-hydrogen) atoms. The molecule has 0 amide bonds. The minimum atomic E-state index is -0.764. The number of hydrogen-bond donors (Lipinski definition) is 0. The van der Waals surface area contributed by atoms with Crippen LogP contribution in [0, 0.1) is 17.8 Å². The van der Waals surface area contributed by atoms with E-state index in [2.05, 4.69) is 41.5 Å². The van der Waals surface area contributed by atoms with E-state index in [0.29, 0.717) is 19.3 Å². The molecule has 0 aromatic rings. The molecule has 0 aliphatic heterocycles. The first-order valence-corrected chi connectivity index (χ1v) is 31.6. The standard InChI is InChI=1S/C64H124O6/c1-58(2)50-44-38-32-27-23-19-15-11-7-9-13-17-21-25-29-35-41-47-53-62(65)68-56-61(57-69-63(66)54-48-42-37-31-34-40-46-52-60(5)6)70-64(67)55-49-43-36-30-26-22-18-14-10-8-12-16-20-24-28-33-39-45-51-59(3)4/h58-61H,7-57H2,1-6H3/t61-/m0/s1. The Hall–Kier alpha value is -1.59. The minimum absolute atomic E-state index is 0.0634. The lowest BCUT2D eigenvalue weighted by Crippen LogP contribution is -2.30. The van der Waals surface area contributed by atoms with Crippen molar-refractivity contribution in [2.45, 2.75) is 362 Å². The number of hydrogen-bond acceptors (Lipinski definition) is 6. The van der Waals surface area contributed by atoms with Gasteiger partial charge in [-0.2, -0.15) is 0 Å². The fourth-order valence-corrected chi connectivity index (χ4v) is 9.88. The topological polar surface area (TPSA) is 78.9 Å². The van der Waals surface area contributed by atoms with Crippen molar-refractivity contribution in [3.8, 4) is 0 Å². The van der Waals surface area contributed by atoms with Gasteiger partial charge in [0.05, 0.1) is 0 Å². The van der Waals surface area contributed by atoms with Crippen molar-refractivity contribution in [2.75, 3.05) is 13.2 Å². The predicted octanol–water partition coefficient (Wildman–Crippen LogP) is 21.1. The van der Waals surface area contributed by atoms with Crippen LogP contribution in [0.25, 0.3) is 0 Å². The first-order chi connectivity index (χ1) is 34.1. The fourth-order valence-electron chi connectivity index (χ4n) is 9.88. The zero-order chi connectivity index (χ0) is 51.2. The third-order valence-electron chi connectivity index (χ3n) is 14.6. The maximum absolute atomic E-state index is 12.9. The second-order valence-electron chi connectivity index (χ2n) is 23.5. The molecule has 0 aliphatic carbocycles. The van der Waals surface area contributed by atoms with Gasteiger partial charge in [0.25, 0.3) is 0 Å². The lowest BCUT2D eigenvalue weighted by Gasteiger charge is -2.18. The smallest absolute Gasteiger partial charge is 0.306 e. The van der Waals surface area contributed by atoms with Gasteiger partial charge in [0.15, 0.2) is 6.10 Å². The van der Waals surface area contributed by atoms with Gasteiger partial charge in [0.1, 0.15) is 13.2 Å². The minimum Gasteiger partial charge on any atom is -0.462 e. The Bertz CT molecular complexity index is 1090. The maximum atomic E-state index is 12.9. The summed E-state index contributed by atoms with van der Waals surface area (Å²) in [5.74, 6) is 1.66. The Morgan fingerprint density at radius 2 is 0.414 bits per heavy atom. The van der Waals surface area contributed by atoms with E-state index in [-0.39, 0.29) is 31.1 Å². The molecular weight excluding hydrogens is 865 g/mol. The monoisotopic (exact) mass is 989 g/mol. The van der Waals surface area contributed by atoms with Crippen molar-refractivity contribution in [1.82, 2.24) is 0 Å². The van der Waals surface area contributed by atoms with Gasteiger partial charge >= 0.3 is 17.9 Å². The van der Waals surface area contributed by atoms with Crippen molar-refractivity contribution in [3.63, 3.8) is 0 Å². The summed E-state index contributed by atoms with van der Waals surface area (Å²) in [7, 11) is 0. The van der Waals surface area contributed by atoms with E-state index in [4.69, 9.17) is 14.2 Å². The van der Waals surface area contributed by atoms with Gasteiger partial charge in [0.2, 0.25) is 0 Å². The Morgan fingerprint density at radius 3 is 0.614 bits per heavy atom. The molecule has 0 spiro atoms. The fraction of sp³-hybridized carbons (Fsp3) is 0.953. The van der Waals surface area contributed by atoms with Crippen LogP contribution in [0.15, 0.2) is 0 Å². The highest BCUT2D eigenvalue weighted by atomic mass is 16.6. The molecule has 0 aromatic heterocycles. The van der Waals surface area contributed by atoms with Crippen LogP contribution in [0.5, 0.6) is 0 Å². The van der Waals surface area contributed by atoms with Crippen molar-refractivity contribution >= 4 is 17.9 Å². The first kappa shape index (κ1) is 68.4. The predicted molar refractivity (Wildman–Crippen MR) is 303 cm³/mol. The van der Waals surface area contributed by atoms with E-state index in [9.17, 15) is 14.4 Å². The van der Waals surface area contributed by atoms with Gasteiger partial charge in [-0.05, 0) is 37.0 Å². The van der Waals surface area contributed by atoms with Gasteiger partial charge in [-0.25, -0.2) is 0 Å². The highest BCUT2D eigenvalue weighted by Crippen LogP contribution is 2.19. The molecule has 0 heterocycles. The van der Waals surface area contributed by atoms with E-state index < -0.39 is 6.10 Å². The van der Waals surface area contributed by atoms with E-state index in [1.165, 1.54) is 238 Å². The normalized spacial score (nSPS) is 12.1. The van der Waals surface area contributed by atoms with Crippen molar-refractivity contribution in [1.29, 1.82) is 0 Å². The van der Waals surface area contributed by atoms with Crippen LogP contribution in [-0.2, 0) is 28.6 Å². The summed E-state index contributed by atoms with van der Waals surface area (Å²) in [6, 6.07) is 0. The Labute approximate surface area is 438 Å². The highest BCUT2D eigenvalue weighted by molar-refractivity contribution is 5.71. The van der Waals surface area contributed by atoms with Crippen molar-refractivity contribution < 1.29 is 28.6 Å². The van der Waals surface area contributed by atoms with Gasteiger partial charge in [-0.3, -0.25) is 14.4 Å². The quantitative estimate of drug-likeness (QED) is 0.0343. The molecule has 0 aliphatic rings. The molecule has 6 heteroatoms. The maximum Gasteiger partial charge on any atom is 0.306 e. The molecule has 6 nitrogen and oxygen atoms in total. The molecule has 0 saturated heterocycles. The first-order valence-electron chi connectivity index (χ1n) is 31.6. The average molecular weight is 990 g/mol. The zero-order valence-electron chi connectivity index (χ0n) is 48.3. The highest BCUT2D eigenvalue weighted by Gasteiger charge is 2.19. The SMILES string of the molecule is CC(C)CCCCCCCCCCCCCCCCCCCCC(=O)OC[C@@H](COC(=O)CCCCCCCCCC(C)C)OC(=O)CCCCCCCCCCCCCCCCCCCCC(C)C. The number of ether oxygens (including phenoxy) is 3. The molecule has 0 aromatic carbocycles. The Balaban J connectivity index is 4.19. The largest absolute Gasteiger partial charge is 0.462 e. The molecular formula is C64H124O6. The third-order valence-corrected chi connectivity index (χ3v) is 14.6. The summed E-state index contributed by atoms with van der Waals surface area (Å²) >= 11 is 0. The van der Waals surface area contributed by atoms with Gasteiger partial charge in [-0.15, -0.1) is 0 Å². The lowest BCUT2D eigenvalue weighted by atomic mass is 10.0. The van der Waals surface area contributed by atoms with E-state index >= 15 is 0 Å². The molecule has 0 fully saturated rings. The summed E-state index contributed by atoms with van der Waals surface area (Å²) in [5.41, 5.74) is 0. The Kier molecular flexibility index (Phi) is 53.9. The molecule has 0 N–H and O–H groups in total. The van der Waals surface area contributed by atoms with Crippen molar-refractivity contribution in [2.24, 2.45) is 17.8 Å². The van der Waals surface area contributed by atoms with Crippen LogP contribution in [-0.4, -0.2) is 37.2 Å². The summed E-state index contributed by atoms with van der Waals surface area (Å²) in [4.78, 5) is 38.2. The van der Waals surface area contributed by atoms with Crippen LogP contribution >= 0.6 is 0 Å². The van der Waals surface area contributed by atoms with Crippen LogP contribution in [0.1, 0.15) is 356 Å². The molecule has 0 unspecified atom stereocenters. The molecule has 0 bridgehead atoms. The second-order valence-corrected chi connectivity index (χ2v) is 23.5. The van der Waals surface area contributed by atoms with E-state index in [1.54, 1.807) is 0 Å². The van der Waals surface area contributed by atoms with Crippen LogP contribution in [0.2, 0.25) is 0 Å². The lowest BCUT2D eigenvalue weighted by molar-refractivity contribution is -0.167. The third kappa shape index (κ3) is 57.3. The van der Waals surface area contributed by atoms with E-state index in [0.717, 1.165) is 75.5 Å². The molecule has 416 valence electrons. The van der Waals surface area contributed by atoms with Crippen LogP contribution in [0.4, 0.5) is 0 Å². The van der Waals surface area contributed by atoms with E-state index in [1.807, 2.05) is 0 Å². The van der Waals surface area contributed by atoms with Crippen molar-refractivity contribution in [3.05, 3.63) is 0 Å². The molecule has 1 atom stereocenters. The zero-order valence-corrected chi connectivity index (χ0v) is 48.3. The number of esters is 3. The molecule has 0 rings (SSSR count). The van der Waals surface area contributed by atoms with Gasteiger partial charge in [-0.1, -0.05) is 318 Å². The number of carbonyl (C=O) groups is 3. The summed E-state index contributed by atoms with van der Waals surface area (Å²) < 4.78 is 16.9. The average Bonchev–Trinajstić information content (AvgIpc) is 3.32. The summed E-state index contributed by atoms with van der Waals surface area (Å²) in [6.07, 6.45) is 59.8. The molecule has 0 saturated carbocycles. The number of unbranched alkanes of at least 4 members (excludes halogenated alkanes) is 40. The van der Waals surface area contributed by atoms with Crippen LogP contribution in [0.3, 0.4) is 0 Å². The molecule has 0 radical (unpaired) electrons.